The molecule has 0 fully saturated rings. The van der Waals surface area contributed by atoms with Gasteiger partial charge in [0.05, 0.1) is 21.2 Å². The summed E-state index contributed by atoms with van der Waals surface area (Å²) in [6.45, 7) is -0.802. The van der Waals surface area contributed by atoms with E-state index in [2.05, 4.69) is 5.32 Å². The molecule has 1 heterocycles. The molecule has 0 saturated carbocycles. The van der Waals surface area contributed by atoms with Gasteiger partial charge in [0.15, 0.2) is 0 Å². The summed E-state index contributed by atoms with van der Waals surface area (Å²) < 4.78 is 64.5. The number of hydrogen-bond acceptors (Lipinski definition) is 4. The Bertz CT molecular complexity index is 1120. The number of aromatic nitrogens is 1. The average molecular weight is 472 g/mol. The maximum absolute atomic E-state index is 12.9. The van der Waals surface area contributed by atoms with Gasteiger partial charge in [0.25, 0.3) is 5.56 Å². The average Bonchev–Trinajstić information content (AvgIpc) is 2.59. The van der Waals surface area contributed by atoms with Crippen LogP contribution in [0.25, 0.3) is 0 Å². The first kappa shape index (κ1) is 23.2. The SMILES string of the molecule is CN(C)S(=O)(=O)c1ccc(Cl)c(NC(=O)Cn2cc(C(F)(F)F)cc(Cl)c2=O)c1. The van der Waals surface area contributed by atoms with E-state index in [-0.39, 0.29) is 15.6 Å². The highest BCUT2D eigenvalue weighted by Crippen LogP contribution is 2.30. The fraction of sp³-hybridized carbons (Fsp3) is 0.250. The number of amides is 1. The van der Waals surface area contributed by atoms with Gasteiger partial charge in [-0.2, -0.15) is 13.2 Å². The molecule has 0 spiro atoms. The summed E-state index contributed by atoms with van der Waals surface area (Å²) >= 11 is 11.5. The minimum atomic E-state index is -4.77. The second-order valence-corrected chi connectivity index (χ2v) is 8.95. The van der Waals surface area contributed by atoms with Crippen molar-refractivity contribution in [2.24, 2.45) is 0 Å². The highest BCUT2D eigenvalue weighted by atomic mass is 35.5. The van der Waals surface area contributed by atoms with E-state index in [0.29, 0.717) is 16.8 Å². The third-order valence-electron chi connectivity index (χ3n) is 3.67. The molecule has 7 nitrogen and oxygen atoms in total. The molecule has 13 heteroatoms. The standard InChI is InChI=1S/C16H14Cl2F3N3O4S/c1-23(2)29(27,28)10-3-4-11(17)13(6-10)22-14(25)8-24-7-9(16(19,20)21)5-12(18)15(24)26/h3-7H,8H2,1-2H3,(H,22,25). The summed E-state index contributed by atoms with van der Waals surface area (Å²) in [7, 11) is -1.20. The van der Waals surface area contributed by atoms with Gasteiger partial charge in [-0.05, 0) is 24.3 Å². The molecule has 1 N–H and O–H groups in total. The van der Waals surface area contributed by atoms with E-state index in [1.165, 1.54) is 26.2 Å². The Kier molecular flexibility index (Phi) is 6.68. The number of benzene rings is 1. The van der Waals surface area contributed by atoms with Crippen molar-refractivity contribution in [3.05, 3.63) is 56.4 Å². The van der Waals surface area contributed by atoms with E-state index in [1.807, 2.05) is 0 Å². The number of anilines is 1. The van der Waals surface area contributed by atoms with Crippen molar-refractivity contribution >= 4 is 44.8 Å². The molecule has 1 aromatic carbocycles. The molecule has 2 aromatic rings. The van der Waals surface area contributed by atoms with Crippen LogP contribution in [0.2, 0.25) is 10.0 Å². The normalized spacial score (nSPS) is 12.3. The molecule has 0 aliphatic carbocycles. The van der Waals surface area contributed by atoms with Crippen LogP contribution < -0.4 is 10.9 Å². The van der Waals surface area contributed by atoms with Crippen molar-refractivity contribution in [1.29, 1.82) is 0 Å². The maximum Gasteiger partial charge on any atom is 0.417 e. The Morgan fingerprint density at radius 1 is 1.17 bits per heavy atom. The molecular weight excluding hydrogens is 458 g/mol. The van der Waals surface area contributed by atoms with Crippen molar-refractivity contribution in [3.63, 3.8) is 0 Å². The predicted octanol–water partition coefficient (Wildman–Crippen LogP) is 3.06. The molecule has 0 bridgehead atoms. The lowest BCUT2D eigenvalue weighted by molar-refractivity contribution is -0.138. The lowest BCUT2D eigenvalue weighted by atomic mass is 10.2. The minimum Gasteiger partial charge on any atom is -0.323 e. The van der Waals surface area contributed by atoms with E-state index in [1.54, 1.807) is 0 Å². The Balaban J connectivity index is 2.33. The number of sulfonamides is 1. The second-order valence-electron chi connectivity index (χ2n) is 5.98. The smallest absolute Gasteiger partial charge is 0.323 e. The first-order chi connectivity index (χ1) is 13.2. The van der Waals surface area contributed by atoms with Crippen LogP contribution in [0.3, 0.4) is 0 Å². The Labute approximate surface area is 173 Å². The van der Waals surface area contributed by atoms with Gasteiger partial charge in [-0.25, -0.2) is 12.7 Å². The lowest BCUT2D eigenvalue weighted by Crippen LogP contribution is -2.29. The van der Waals surface area contributed by atoms with Crippen molar-refractivity contribution < 1.29 is 26.4 Å². The van der Waals surface area contributed by atoms with Gasteiger partial charge in [-0.1, -0.05) is 23.2 Å². The first-order valence-electron chi connectivity index (χ1n) is 7.72. The van der Waals surface area contributed by atoms with E-state index in [4.69, 9.17) is 23.2 Å². The number of alkyl halides is 3. The second kappa shape index (κ2) is 8.34. The zero-order valence-electron chi connectivity index (χ0n) is 14.9. The third kappa shape index (κ3) is 5.30. The fourth-order valence-electron chi connectivity index (χ4n) is 2.19. The summed E-state index contributed by atoms with van der Waals surface area (Å²) in [6.07, 6.45) is -4.31. The molecular formula is C16H14Cl2F3N3O4S. The number of nitrogens with one attached hydrogen (secondary N) is 1. The number of carbonyl (C=O) groups is 1. The quantitative estimate of drug-likeness (QED) is 0.725. The highest BCUT2D eigenvalue weighted by molar-refractivity contribution is 7.89. The molecule has 2 rings (SSSR count). The van der Waals surface area contributed by atoms with Crippen LogP contribution in [0.1, 0.15) is 5.56 Å². The third-order valence-corrected chi connectivity index (χ3v) is 6.09. The molecule has 29 heavy (non-hydrogen) atoms. The first-order valence-corrected chi connectivity index (χ1v) is 9.92. The summed E-state index contributed by atoms with van der Waals surface area (Å²) in [4.78, 5) is 24.0. The molecule has 0 unspecified atom stereocenters. The van der Waals surface area contributed by atoms with Gasteiger partial charge in [0, 0.05) is 20.3 Å². The summed E-state index contributed by atoms with van der Waals surface area (Å²) in [5, 5.41) is 1.56. The molecule has 1 aromatic heterocycles. The zero-order valence-corrected chi connectivity index (χ0v) is 17.2. The minimum absolute atomic E-state index is 0.00882. The van der Waals surface area contributed by atoms with Crippen LogP contribution in [0.5, 0.6) is 0 Å². The number of nitrogens with zero attached hydrogens (tertiary/aromatic N) is 2. The molecule has 0 atom stereocenters. The number of rotatable bonds is 5. The van der Waals surface area contributed by atoms with Gasteiger partial charge in [-0.3, -0.25) is 9.59 Å². The monoisotopic (exact) mass is 471 g/mol. The van der Waals surface area contributed by atoms with Crippen LogP contribution >= 0.6 is 23.2 Å². The molecule has 0 aliphatic rings. The number of carbonyl (C=O) groups excluding carboxylic acids is 1. The molecule has 0 saturated heterocycles. The topological polar surface area (TPSA) is 88.5 Å². The van der Waals surface area contributed by atoms with Gasteiger partial charge in [0.2, 0.25) is 15.9 Å². The van der Waals surface area contributed by atoms with Crippen molar-refractivity contribution in [1.82, 2.24) is 8.87 Å². The Morgan fingerprint density at radius 2 is 1.79 bits per heavy atom. The number of pyridine rings is 1. The maximum atomic E-state index is 12.9. The number of hydrogen-bond donors (Lipinski definition) is 1. The van der Waals surface area contributed by atoms with Crippen LogP contribution in [0, 0.1) is 0 Å². The highest BCUT2D eigenvalue weighted by Gasteiger charge is 2.32. The molecule has 0 radical (unpaired) electrons. The van der Waals surface area contributed by atoms with Crippen LogP contribution in [0.4, 0.5) is 18.9 Å². The van der Waals surface area contributed by atoms with Crippen LogP contribution in [-0.4, -0.2) is 37.3 Å². The van der Waals surface area contributed by atoms with Crippen molar-refractivity contribution in [2.75, 3.05) is 19.4 Å². The van der Waals surface area contributed by atoms with Gasteiger partial charge >= 0.3 is 6.18 Å². The van der Waals surface area contributed by atoms with Gasteiger partial charge in [-0.15, -0.1) is 0 Å². The fourth-order valence-corrected chi connectivity index (χ4v) is 3.51. The summed E-state index contributed by atoms with van der Waals surface area (Å²) in [5.74, 6) is -0.913. The van der Waals surface area contributed by atoms with E-state index >= 15 is 0 Å². The summed E-state index contributed by atoms with van der Waals surface area (Å²) in [6, 6.07) is 4.02. The zero-order chi connectivity index (χ0) is 22.1. The van der Waals surface area contributed by atoms with E-state index in [0.717, 1.165) is 10.4 Å². The largest absolute Gasteiger partial charge is 0.417 e. The van der Waals surface area contributed by atoms with Crippen LogP contribution in [0.15, 0.2) is 40.2 Å². The Hall–Kier alpha value is -2.08. The Morgan fingerprint density at radius 3 is 2.34 bits per heavy atom. The van der Waals surface area contributed by atoms with Gasteiger partial charge in [0.1, 0.15) is 11.6 Å². The van der Waals surface area contributed by atoms with Gasteiger partial charge < -0.3 is 9.88 Å². The predicted molar refractivity (Wildman–Crippen MR) is 102 cm³/mol. The van der Waals surface area contributed by atoms with Crippen LogP contribution in [-0.2, 0) is 27.5 Å². The van der Waals surface area contributed by atoms with E-state index in [9.17, 15) is 31.2 Å². The lowest BCUT2D eigenvalue weighted by Gasteiger charge is -2.15. The number of halogens is 5. The molecule has 158 valence electrons. The van der Waals surface area contributed by atoms with Crippen molar-refractivity contribution in [3.8, 4) is 0 Å². The van der Waals surface area contributed by atoms with Crippen molar-refractivity contribution in [2.45, 2.75) is 17.6 Å². The molecule has 0 aliphatic heterocycles. The van der Waals surface area contributed by atoms with E-state index < -0.39 is 44.8 Å². The summed E-state index contributed by atoms with van der Waals surface area (Å²) in [5.41, 5.74) is -2.29. The molecule has 1 amide bonds.